The lowest BCUT2D eigenvalue weighted by atomic mass is 9.87. The van der Waals surface area contributed by atoms with Crippen molar-refractivity contribution in [1.29, 1.82) is 0 Å². The summed E-state index contributed by atoms with van der Waals surface area (Å²) in [5, 5.41) is 10.9. The topological polar surface area (TPSA) is 56.3 Å². The summed E-state index contributed by atoms with van der Waals surface area (Å²) >= 11 is 0. The van der Waals surface area contributed by atoms with Gasteiger partial charge in [0.05, 0.1) is 11.1 Å². The number of pyridine rings is 1. The van der Waals surface area contributed by atoms with E-state index in [1.807, 2.05) is 0 Å². The molecule has 0 spiro atoms. The number of carbonyl (C=O) groups excluding carboxylic acids is 1. The molecule has 2 aromatic rings. The zero-order chi connectivity index (χ0) is 16.6. The number of benzene rings is 1. The first-order chi connectivity index (χ1) is 10.9. The van der Waals surface area contributed by atoms with Crippen LogP contribution in [0.5, 0.6) is 0 Å². The highest BCUT2D eigenvalue weighted by Crippen LogP contribution is 2.38. The number of rotatable bonds is 1. The molecule has 0 bridgehead atoms. The number of hydrogen-bond acceptors (Lipinski definition) is 3. The quantitative estimate of drug-likeness (QED) is 0.811. The van der Waals surface area contributed by atoms with E-state index < -0.39 is 17.8 Å². The predicted octanol–water partition coefficient (Wildman–Crippen LogP) is 2.78. The molecule has 1 fully saturated rings. The molecule has 1 amide bonds. The van der Waals surface area contributed by atoms with Gasteiger partial charge in [-0.25, -0.2) is 0 Å². The minimum atomic E-state index is -4.43. The smallest absolute Gasteiger partial charge is 0.417 e. The van der Waals surface area contributed by atoms with Crippen molar-refractivity contribution in [3.05, 3.63) is 41.6 Å². The van der Waals surface area contributed by atoms with Gasteiger partial charge in [0.15, 0.2) is 0 Å². The lowest BCUT2D eigenvalue weighted by Gasteiger charge is -2.34. The summed E-state index contributed by atoms with van der Waals surface area (Å²) in [6, 6.07) is 5.47. The van der Waals surface area contributed by atoms with Crippen molar-refractivity contribution in [2.75, 3.05) is 13.1 Å². The van der Waals surface area contributed by atoms with E-state index in [1.54, 1.807) is 0 Å². The molecular weight excluding hydrogens is 309 g/mol. The van der Waals surface area contributed by atoms with Gasteiger partial charge in [0, 0.05) is 24.7 Å². The van der Waals surface area contributed by atoms with Crippen LogP contribution in [0.3, 0.4) is 0 Å². The minimum Gasteiger partial charge on any atom is -0.530 e. The zero-order valence-electron chi connectivity index (χ0n) is 12.1. The Kier molecular flexibility index (Phi) is 3.87. The van der Waals surface area contributed by atoms with Crippen molar-refractivity contribution in [3.63, 3.8) is 0 Å². The lowest BCUT2D eigenvalue weighted by molar-refractivity contribution is -0.266. The Morgan fingerprint density at radius 1 is 1.22 bits per heavy atom. The highest BCUT2D eigenvalue weighted by molar-refractivity contribution is 5.86. The second-order valence-corrected chi connectivity index (χ2v) is 5.63. The van der Waals surface area contributed by atoms with Crippen LogP contribution in [0.15, 0.2) is 30.5 Å². The number of alkyl halides is 3. The second-order valence-electron chi connectivity index (χ2n) is 5.63. The molecule has 0 unspecified atom stereocenters. The number of carboxylic acid groups (broad SMARTS) is 1. The molecule has 0 aliphatic carbocycles. The number of nitrogens with zero attached hydrogens (tertiary/aromatic N) is 2. The van der Waals surface area contributed by atoms with Crippen molar-refractivity contribution in [3.8, 4) is 0 Å². The molecular formula is C16H14F3N2O2-. The van der Waals surface area contributed by atoms with E-state index in [4.69, 9.17) is 0 Å². The summed E-state index contributed by atoms with van der Waals surface area (Å²) in [5.41, 5.74) is 0.386. The Hall–Kier alpha value is -2.31. The fourth-order valence-electron chi connectivity index (χ4n) is 3.14. The van der Waals surface area contributed by atoms with E-state index in [0.29, 0.717) is 31.4 Å². The highest BCUT2D eigenvalue weighted by Gasteiger charge is 2.34. The van der Waals surface area contributed by atoms with Gasteiger partial charge in [0.25, 0.3) is 0 Å². The Bertz CT molecular complexity index is 738. The van der Waals surface area contributed by atoms with Gasteiger partial charge in [-0.1, -0.05) is 12.1 Å². The van der Waals surface area contributed by atoms with Crippen molar-refractivity contribution < 1.29 is 23.1 Å². The average Bonchev–Trinajstić information content (AvgIpc) is 2.53. The molecule has 2 heterocycles. The maximum absolute atomic E-state index is 13.1. The fourth-order valence-corrected chi connectivity index (χ4v) is 3.14. The van der Waals surface area contributed by atoms with Crippen LogP contribution in [0.25, 0.3) is 10.9 Å². The molecule has 122 valence electrons. The fraction of sp³-hybridized carbons (Fsp3) is 0.375. The SMILES string of the molecule is O=C([O-])N1CCC(c2ccc(C(F)(F)F)c3cccnc23)CC1. The largest absolute Gasteiger partial charge is 0.530 e. The van der Waals surface area contributed by atoms with E-state index in [1.165, 1.54) is 29.3 Å². The van der Waals surface area contributed by atoms with Crippen LogP contribution in [0.1, 0.15) is 29.9 Å². The number of carbonyl (C=O) groups is 1. The monoisotopic (exact) mass is 323 g/mol. The summed E-state index contributed by atoms with van der Waals surface area (Å²) in [6.07, 6.45) is -3.07. The highest BCUT2D eigenvalue weighted by atomic mass is 19.4. The summed E-state index contributed by atoms with van der Waals surface area (Å²) < 4.78 is 39.4. The molecule has 1 aliphatic heterocycles. The van der Waals surface area contributed by atoms with Crippen molar-refractivity contribution in [2.24, 2.45) is 0 Å². The maximum atomic E-state index is 13.1. The number of aromatic nitrogens is 1. The Morgan fingerprint density at radius 3 is 2.52 bits per heavy atom. The predicted molar refractivity (Wildman–Crippen MR) is 75.7 cm³/mol. The second kappa shape index (κ2) is 5.72. The number of piperidine rings is 1. The third kappa shape index (κ3) is 2.95. The third-order valence-electron chi connectivity index (χ3n) is 4.30. The van der Waals surface area contributed by atoms with E-state index in [9.17, 15) is 23.1 Å². The van der Waals surface area contributed by atoms with Gasteiger partial charge in [-0.05, 0) is 36.5 Å². The Balaban J connectivity index is 1.99. The molecule has 23 heavy (non-hydrogen) atoms. The number of amides is 1. The first kappa shape index (κ1) is 15.6. The van der Waals surface area contributed by atoms with Crippen LogP contribution in [0.2, 0.25) is 0 Å². The first-order valence-electron chi connectivity index (χ1n) is 7.28. The third-order valence-corrected chi connectivity index (χ3v) is 4.30. The number of fused-ring (bicyclic) bond motifs is 1. The van der Waals surface area contributed by atoms with Gasteiger partial charge in [0.1, 0.15) is 6.09 Å². The van der Waals surface area contributed by atoms with Crippen LogP contribution in [0, 0.1) is 0 Å². The van der Waals surface area contributed by atoms with Crippen LogP contribution < -0.4 is 5.11 Å². The van der Waals surface area contributed by atoms with E-state index in [2.05, 4.69) is 4.98 Å². The van der Waals surface area contributed by atoms with E-state index in [0.717, 1.165) is 11.6 Å². The van der Waals surface area contributed by atoms with Gasteiger partial charge >= 0.3 is 6.18 Å². The summed E-state index contributed by atoms with van der Waals surface area (Å²) in [5.74, 6) is -0.00900. The molecule has 0 saturated carbocycles. The molecule has 0 radical (unpaired) electrons. The summed E-state index contributed by atoms with van der Waals surface area (Å²) in [7, 11) is 0. The Labute approximate surface area is 130 Å². The molecule has 7 heteroatoms. The molecule has 1 aromatic heterocycles. The number of likely N-dealkylation sites (tertiary alicyclic amines) is 1. The van der Waals surface area contributed by atoms with E-state index in [-0.39, 0.29) is 11.3 Å². The van der Waals surface area contributed by atoms with Crippen LogP contribution >= 0.6 is 0 Å². The van der Waals surface area contributed by atoms with Gasteiger partial charge in [-0.2, -0.15) is 13.2 Å². The van der Waals surface area contributed by atoms with Crippen LogP contribution in [0.4, 0.5) is 18.0 Å². The molecule has 1 aliphatic rings. The zero-order valence-corrected chi connectivity index (χ0v) is 12.1. The molecule has 0 N–H and O–H groups in total. The van der Waals surface area contributed by atoms with Crippen molar-refractivity contribution in [1.82, 2.24) is 9.88 Å². The first-order valence-corrected chi connectivity index (χ1v) is 7.28. The van der Waals surface area contributed by atoms with Crippen LogP contribution in [-0.4, -0.2) is 29.1 Å². The maximum Gasteiger partial charge on any atom is 0.417 e. The van der Waals surface area contributed by atoms with Gasteiger partial charge < -0.3 is 14.8 Å². The molecule has 1 aromatic carbocycles. The summed E-state index contributed by atoms with van der Waals surface area (Å²) in [4.78, 5) is 16.2. The summed E-state index contributed by atoms with van der Waals surface area (Å²) in [6.45, 7) is 0.644. The van der Waals surface area contributed by atoms with Crippen LogP contribution in [-0.2, 0) is 6.18 Å². The van der Waals surface area contributed by atoms with Gasteiger partial charge in [-0.3, -0.25) is 4.98 Å². The van der Waals surface area contributed by atoms with Gasteiger partial charge in [0.2, 0.25) is 0 Å². The minimum absolute atomic E-state index is 0.00900. The van der Waals surface area contributed by atoms with Crippen molar-refractivity contribution in [2.45, 2.75) is 24.9 Å². The number of hydrogen-bond donors (Lipinski definition) is 0. The number of halogens is 3. The molecule has 0 atom stereocenters. The lowest BCUT2D eigenvalue weighted by Crippen LogP contribution is -2.45. The Morgan fingerprint density at radius 2 is 1.91 bits per heavy atom. The van der Waals surface area contributed by atoms with E-state index >= 15 is 0 Å². The average molecular weight is 323 g/mol. The molecule has 1 saturated heterocycles. The standard InChI is InChI=1S/C16H15F3N2O2/c17-16(18,19)13-4-3-11(14-12(13)2-1-7-20-14)10-5-8-21(9-6-10)15(22)23/h1-4,7,10H,5-6,8-9H2,(H,22,23)/p-1. The van der Waals surface area contributed by atoms with Gasteiger partial charge in [-0.15, -0.1) is 0 Å². The van der Waals surface area contributed by atoms with Crippen molar-refractivity contribution >= 4 is 17.0 Å². The molecule has 4 nitrogen and oxygen atoms in total. The normalized spacial score (nSPS) is 16.7. The molecule has 3 rings (SSSR count).